The van der Waals surface area contributed by atoms with Crippen LogP contribution in [0.2, 0.25) is 0 Å². The van der Waals surface area contributed by atoms with Crippen LogP contribution >= 0.6 is 0 Å². The summed E-state index contributed by atoms with van der Waals surface area (Å²) in [6.45, 7) is 0. The maximum Gasteiger partial charge on any atom is 0.191 e. The second-order valence-corrected chi connectivity index (χ2v) is 5.63. The molecule has 0 unspecified atom stereocenters. The molecular weight excluding hydrogens is 316 g/mol. The molecule has 0 fully saturated rings. The Bertz CT molecular complexity index is 846. The maximum absolute atomic E-state index is 6.08. The van der Waals surface area contributed by atoms with Gasteiger partial charge in [0.05, 0.1) is 11.4 Å². The Morgan fingerprint density at radius 2 is 1.56 bits per heavy atom. The number of guanidine groups is 2. The molecule has 0 saturated carbocycles. The number of nitrogens with zero attached hydrogens (tertiary/aromatic N) is 2. The van der Waals surface area contributed by atoms with Crippen LogP contribution < -0.4 is 22.9 Å². The van der Waals surface area contributed by atoms with E-state index < -0.39 is 0 Å². The van der Waals surface area contributed by atoms with Crippen LogP contribution in [0.1, 0.15) is 23.7 Å². The molecule has 1 heterocycles. The van der Waals surface area contributed by atoms with Gasteiger partial charge in [-0.15, -0.1) is 0 Å². The lowest BCUT2D eigenvalue weighted by atomic mass is 10.1. The van der Waals surface area contributed by atoms with Crippen molar-refractivity contribution in [3.63, 3.8) is 0 Å². The molecule has 3 rings (SSSR count). The second kappa shape index (κ2) is 6.96. The topological polar surface area (TPSA) is 138 Å². The summed E-state index contributed by atoms with van der Waals surface area (Å²) in [6.07, 6.45) is 2.79. The van der Waals surface area contributed by atoms with E-state index in [1.165, 1.54) is 0 Å². The first-order valence-corrected chi connectivity index (χ1v) is 7.78. The lowest BCUT2D eigenvalue weighted by Gasteiger charge is -2.14. The highest BCUT2D eigenvalue weighted by Gasteiger charge is 2.21. The Morgan fingerprint density at radius 3 is 2.24 bits per heavy atom. The Labute approximate surface area is 145 Å². The summed E-state index contributed by atoms with van der Waals surface area (Å²) in [5, 5.41) is 0. The number of benzene rings is 2. The van der Waals surface area contributed by atoms with E-state index in [1.807, 2.05) is 48.5 Å². The quantitative estimate of drug-likeness (QED) is 0.499. The zero-order valence-corrected chi connectivity index (χ0v) is 13.6. The fraction of sp³-hybridized carbons (Fsp3) is 0.111. The van der Waals surface area contributed by atoms with Gasteiger partial charge in [-0.05, 0) is 35.9 Å². The van der Waals surface area contributed by atoms with Gasteiger partial charge in [0.1, 0.15) is 11.9 Å². The van der Waals surface area contributed by atoms with Gasteiger partial charge in [-0.1, -0.05) is 24.3 Å². The molecule has 128 valence electrons. The van der Waals surface area contributed by atoms with Crippen molar-refractivity contribution >= 4 is 29.1 Å². The monoisotopic (exact) mass is 336 g/mol. The number of hydrogen-bond donors (Lipinski definition) is 4. The summed E-state index contributed by atoms with van der Waals surface area (Å²) < 4.78 is 6.08. The van der Waals surface area contributed by atoms with Crippen LogP contribution in [-0.4, -0.2) is 11.9 Å². The first-order valence-electron chi connectivity index (χ1n) is 7.78. The fourth-order valence-electron chi connectivity index (χ4n) is 2.64. The van der Waals surface area contributed by atoms with E-state index in [-0.39, 0.29) is 18.0 Å². The second-order valence-electron chi connectivity index (χ2n) is 5.63. The smallest absolute Gasteiger partial charge is 0.191 e. The molecule has 8 N–H and O–H groups in total. The van der Waals surface area contributed by atoms with Crippen LogP contribution in [0.4, 0.5) is 11.4 Å². The van der Waals surface area contributed by atoms with Crippen molar-refractivity contribution in [3.05, 3.63) is 65.7 Å². The maximum atomic E-state index is 6.08. The van der Waals surface area contributed by atoms with Crippen molar-refractivity contribution < 1.29 is 4.74 Å². The van der Waals surface area contributed by atoms with E-state index in [0.717, 1.165) is 23.3 Å². The first kappa shape index (κ1) is 16.4. The Morgan fingerprint density at radius 1 is 0.880 bits per heavy atom. The molecule has 0 saturated heterocycles. The summed E-state index contributed by atoms with van der Waals surface area (Å²) in [4.78, 5) is 8.07. The summed E-state index contributed by atoms with van der Waals surface area (Å²) in [7, 11) is 0. The Hall–Kier alpha value is -3.48. The van der Waals surface area contributed by atoms with Crippen LogP contribution in [0, 0.1) is 0 Å². The molecule has 1 atom stereocenters. The van der Waals surface area contributed by atoms with Crippen molar-refractivity contribution in [3.8, 4) is 0 Å². The van der Waals surface area contributed by atoms with Crippen LogP contribution in [0.5, 0.6) is 0 Å². The molecule has 0 radical (unpaired) electrons. The van der Waals surface area contributed by atoms with Crippen molar-refractivity contribution in [2.45, 2.75) is 12.5 Å². The standard InChI is InChI=1S/C18H20N6O/c19-17(20)23-13-6-4-11(5-7-13)15-8-9-16(25-15)12-2-1-3-14(10-12)24-18(21)22/h1-7,9-10,15H,8H2,(H4,19,20,23)(H4,21,22,24)/t15-/m1/s1. The minimum atomic E-state index is -0.0463. The van der Waals surface area contributed by atoms with Gasteiger partial charge in [-0.2, -0.15) is 0 Å². The molecule has 25 heavy (non-hydrogen) atoms. The van der Waals surface area contributed by atoms with E-state index in [1.54, 1.807) is 0 Å². The number of nitrogens with two attached hydrogens (primary N) is 4. The van der Waals surface area contributed by atoms with E-state index in [0.29, 0.717) is 11.4 Å². The summed E-state index contributed by atoms with van der Waals surface area (Å²) in [5.41, 5.74) is 25.0. The summed E-state index contributed by atoms with van der Waals surface area (Å²) in [5.74, 6) is 0.873. The van der Waals surface area contributed by atoms with E-state index >= 15 is 0 Å². The normalized spacial score (nSPS) is 15.8. The molecule has 0 aliphatic carbocycles. The number of hydrogen-bond acceptors (Lipinski definition) is 3. The molecule has 0 aromatic heterocycles. The molecule has 7 heteroatoms. The summed E-state index contributed by atoms with van der Waals surface area (Å²) in [6, 6.07) is 15.2. The van der Waals surface area contributed by atoms with Gasteiger partial charge in [0, 0.05) is 12.0 Å². The zero-order chi connectivity index (χ0) is 17.8. The number of rotatable bonds is 4. The average Bonchev–Trinajstić information content (AvgIpc) is 3.05. The van der Waals surface area contributed by atoms with Gasteiger partial charge >= 0.3 is 0 Å². The minimum Gasteiger partial charge on any atom is -0.485 e. The van der Waals surface area contributed by atoms with E-state index in [2.05, 4.69) is 16.1 Å². The third-order valence-corrected chi connectivity index (χ3v) is 3.70. The molecule has 0 spiro atoms. The molecule has 1 aliphatic heterocycles. The average molecular weight is 336 g/mol. The highest BCUT2D eigenvalue weighted by atomic mass is 16.5. The van der Waals surface area contributed by atoms with Gasteiger partial charge in [0.25, 0.3) is 0 Å². The molecule has 0 amide bonds. The SMILES string of the molecule is NC(N)=Nc1ccc([C@H]2CC=C(c3cccc(N=C(N)N)c3)O2)cc1. The Kier molecular flexibility index (Phi) is 4.56. The summed E-state index contributed by atoms with van der Waals surface area (Å²) >= 11 is 0. The van der Waals surface area contributed by atoms with Gasteiger partial charge in [-0.3, -0.25) is 0 Å². The van der Waals surface area contributed by atoms with Crippen LogP contribution in [0.3, 0.4) is 0 Å². The van der Waals surface area contributed by atoms with Gasteiger partial charge in [0.15, 0.2) is 11.9 Å². The number of ether oxygens (including phenoxy) is 1. The molecule has 2 aromatic rings. The van der Waals surface area contributed by atoms with E-state index in [4.69, 9.17) is 27.7 Å². The highest BCUT2D eigenvalue weighted by molar-refractivity contribution is 5.80. The fourth-order valence-corrected chi connectivity index (χ4v) is 2.64. The zero-order valence-electron chi connectivity index (χ0n) is 13.6. The predicted octanol–water partition coefficient (Wildman–Crippen LogP) is 2.00. The lowest BCUT2D eigenvalue weighted by molar-refractivity contribution is 0.194. The van der Waals surface area contributed by atoms with Crippen LogP contribution in [0.25, 0.3) is 5.76 Å². The van der Waals surface area contributed by atoms with Crippen molar-refractivity contribution in [1.82, 2.24) is 0 Å². The number of aliphatic imine (C=N–C) groups is 2. The third kappa shape index (κ3) is 4.08. The van der Waals surface area contributed by atoms with Crippen LogP contribution in [0.15, 0.2) is 64.6 Å². The molecular formula is C18H20N6O. The van der Waals surface area contributed by atoms with Gasteiger partial charge < -0.3 is 27.7 Å². The van der Waals surface area contributed by atoms with Crippen LogP contribution in [-0.2, 0) is 4.74 Å². The molecule has 2 aromatic carbocycles. The largest absolute Gasteiger partial charge is 0.485 e. The van der Waals surface area contributed by atoms with Crippen molar-refractivity contribution in [2.24, 2.45) is 32.9 Å². The minimum absolute atomic E-state index is 0.0252. The highest BCUT2D eigenvalue weighted by Crippen LogP contribution is 2.36. The molecule has 0 bridgehead atoms. The van der Waals surface area contributed by atoms with Gasteiger partial charge in [-0.25, -0.2) is 9.98 Å². The van der Waals surface area contributed by atoms with Gasteiger partial charge in [0.2, 0.25) is 0 Å². The lowest BCUT2D eigenvalue weighted by Crippen LogP contribution is -2.21. The molecule has 1 aliphatic rings. The van der Waals surface area contributed by atoms with E-state index in [9.17, 15) is 0 Å². The van der Waals surface area contributed by atoms with Crippen molar-refractivity contribution in [1.29, 1.82) is 0 Å². The van der Waals surface area contributed by atoms with Crippen molar-refractivity contribution in [2.75, 3.05) is 0 Å². The molecule has 7 nitrogen and oxygen atoms in total. The predicted molar refractivity (Wildman–Crippen MR) is 100 cm³/mol. The third-order valence-electron chi connectivity index (χ3n) is 3.70. The first-order chi connectivity index (χ1) is 12.0. The Balaban J connectivity index is 1.73.